The van der Waals surface area contributed by atoms with Gasteiger partial charge in [0.2, 0.25) is 0 Å². The number of carbonyl (C=O) groups excluding carboxylic acids is 1. The van der Waals surface area contributed by atoms with Crippen LogP contribution in [0.1, 0.15) is 5.56 Å². The Hall–Kier alpha value is -1.16. The predicted molar refractivity (Wildman–Crippen MR) is 50.6 cm³/mol. The van der Waals surface area contributed by atoms with Crippen molar-refractivity contribution in [3.63, 3.8) is 0 Å². The number of hydrogen-bond acceptors (Lipinski definition) is 3. The number of benzene rings is 1. The van der Waals surface area contributed by atoms with E-state index in [9.17, 15) is 9.36 Å². The first-order valence-corrected chi connectivity index (χ1v) is 5.41. The maximum atomic E-state index is 10.9. The molecule has 1 amide bonds. The normalized spacial score (nSPS) is 14.6. The second kappa shape index (κ2) is 4.37. The van der Waals surface area contributed by atoms with E-state index in [2.05, 4.69) is 10.3 Å². The lowest BCUT2D eigenvalue weighted by Crippen LogP contribution is -2.10. The number of primary amides is 1. The molecule has 0 aliphatic rings. The minimum atomic E-state index is -4.29. The molecule has 0 heterocycles. The summed E-state index contributed by atoms with van der Waals surface area (Å²) in [4.78, 5) is 19.3. The Bertz CT molecular complexity index is 365. The van der Waals surface area contributed by atoms with E-state index in [0.717, 1.165) is 0 Å². The molecule has 5 nitrogen and oxygen atoms in total. The van der Waals surface area contributed by atoms with Crippen molar-refractivity contribution in [2.24, 2.45) is 5.73 Å². The van der Waals surface area contributed by atoms with E-state index in [-0.39, 0.29) is 6.61 Å². The van der Waals surface area contributed by atoms with Gasteiger partial charge in [0.1, 0.15) is 0 Å². The molecule has 1 aromatic carbocycles. The Morgan fingerprint density at radius 3 is 2.50 bits per heavy atom. The van der Waals surface area contributed by atoms with E-state index in [0.29, 0.717) is 5.56 Å². The molecule has 0 spiro atoms. The van der Waals surface area contributed by atoms with Crippen molar-refractivity contribution in [2.75, 3.05) is 0 Å². The smallest absolute Gasteiger partial charge is 0.359 e. The van der Waals surface area contributed by atoms with Gasteiger partial charge in [-0.3, -0.25) is 9.32 Å². The van der Waals surface area contributed by atoms with Crippen LogP contribution in [0.15, 0.2) is 30.3 Å². The standard InChI is InChI=1S/C8H10NO4P/c9-8(10)14(11,12)13-6-7-4-2-1-3-5-7/h1-5H,6H2,(H2,9,10)(H,11,12). The van der Waals surface area contributed by atoms with Crippen LogP contribution < -0.4 is 5.73 Å². The third-order valence-corrected chi connectivity index (χ3v) is 2.56. The van der Waals surface area contributed by atoms with Gasteiger partial charge < -0.3 is 10.6 Å². The second-order valence-corrected chi connectivity index (χ2v) is 4.36. The zero-order chi connectivity index (χ0) is 10.6. The molecular formula is C8H10NO4P. The Labute approximate surface area is 81.0 Å². The summed E-state index contributed by atoms with van der Waals surface area (Å²) in [5, 5.41) is 0. The molecule has 1 unspecified atom stereocenters. The molecule has 1 aromatic rings. The number of rotatable bonds is 4. The maximum Gasteiger partial charge on any atom is 0.415 e. The molecule has 14 heavy (non-hydrogen) atoms. The maximum absolute atomic E-state index is 10.9. The van der Waals surface area contributed by atoms with Crippen molar-refractivity contribution in [3.8, 4) is 0 Å². The molecule has 0 fully saturated rings. The van der Waals surface area contributed by atoms with Crippen LogP contribution in [0.25, 0.3) is 0 Å². The van der Waals surface area contributed by atoms with Gasteiger partial charge in [-0.25, -0.2) is 4.57 Å². The van der Waals surface area contributed by atoms with Crippen LogP contribution >= 0.6 is 7.60 Å². The largest absolute Gasteiger partial charge is 0.415 e. The fraction of sp³-hybridized carbons (Fsp3) is 0.125. The summed E-state index contributed by atoms with van der Waals surface area (Å²) >= 11 is 0. The van der Waals surface area contributed by atoms with E-state index in [1.165, 1.54) is 0 Å². The number of amides is 1. The molecule has 3 N–H and O–H groups in total. The summed E-state index contributed by atoms with van der Waals surface area (Å²) in [7, 11) is -4.29. The van der Waals surface area contributed by atoms with E-state index in [1.807, 2.05) is 0 Å². The van der Waals surface area contributed by atoms with Gasteiger partial charge in [0.25, 0.3) is 0 Å². The topological polar surface area (TPSA) is 89.6 Å². The lowest BCUT2D eigenvalue weighted by molar-refractivity contribution is 0.230. The Morgan fingerprint density at radius 1 is 1.43 bits per heavy atom. The van der Waals surface area contributed by atoms with Crippen LogP contribution in [-0.2, 0) is 15.7 Å². The SMILES string of the molecule is NC(=O)P(=O)(O)OCc1ccccc1. The minimum absolute atomic E-state index is 0.114. The van der Waals surface area contributed by atoms with Gasteiger partial charge in [-0.1, -0.05) is 30.3 Å². The number of nitrogens with two attached hydrogens (primary N) is 1. The van der Waals surface area contributed by atoms with Gasteiger partial charge in [-0.2, -0.15) is 0 Å². The van der Waals surface area contributed by atoms with Gasteiger partial charge in [0.15, 0.2) is 0 Å². The molecule has 0 aromatic heterocycles. The Morgan fingerprint density at radius 2 is 2.00 bits per heavy atom. The van der Waals surface area contributed by atoms with E-state index >= 15 is 0 Å². The molecule has 0 aliphatic carbocycles. The first-order valence-electron chi connectivity index (χ1n) is 3.83. The summed E-state index contributed by atoms with van der Waals surface area (Å²) < 4.78 is 15.5. The highest BCUT2D eigenvalue weighted by Gasteiger charge is 2.27. The number of carbonyl (C=O) groups is 1. The molecule has 6 heteroatoms. The van der Waals surface area contributed by atoms with Crippen molar-refractivity contribution >= 4 is 13.2 Å². The molecule has 1 rings (SSSR count). The molecule has 0 saturated carbocycles. The second-order valence-electron chi connectivity index (χ2n) is 2.62. The molecular weight excluding hydrogens is 205 g/mol. The first kappa shape index (κ1) is 10.9. The molecule has 0 aliphatic heterocycles. The summed E-state index contributed by atoms with van der Waals surface area (Å²) in [5.41, 5.74) is 4.02. The molecule has 0 saturated heterocycles. The lowest BCUT2D eigenvalue weighted by Gasteiger charge is -2.07. The lowest BCUT2D eigenvalue weighted by atomic mass is 10.2. The quantitative estimate of drug-likeness (QED) is 0.744. The van der Waals surface area contributed by atoms with Crippen LogP contribution in [0, 0.1) is 0 Å². The van der Waals surface area contributed by atoms with E-state index in [4.69, 9.17) is 4.89 Å². The van der Waals surface area contributed by atoms with Gasteiger partial charge in [0.05, 0.1) is 6.61 Å². The molecule has 0 radical (unpaired) electrons. The number of hydrogen-bond donors (Lipinski definition) is 2. The first-order chi connectivity index (χ1) is 6.52. The average molecular weight is 215 g/mol. The zero-order valence-corrected chi connectivity index (χ0v) is 8.18. The van der Waals surface area contributed by atoms with Crippen molar-refractivity contribution in [2.45, 2.75) is 6.61 Å². The highest BCUT2D eigenvalue weighted by Crippen LogP contribution is 2.42. The van der Waals surface area contributed by atoms with E-state index in [1.54, 1.807) is 30.3 Å². The van der Waals surface area contributed by atoms with Crippen molar-refractivity contribution < 1.29 is 18.8 Å². The zero-order valence-electron chi connectivity index (χ0n) is 7.29. The Balaban J connectivity index is 2.58. The van der Waals surface area contributed by atoms with Gasteiger partial charge in [0, 0.05) is 0 Å². The fourth-order valence-electron chi connectivity index (χ4n) is 0.800. The van der Waals surface area contributed by atoms with Crippen LogP contribution in [0.4, 0.5) is 4.79 Å². The van der Waals surface area contributed by atoms with Gasteiger partial charge in [-0.15, -0.1) is 0 Å². The third kappa shape index (κ3) is 2.96. The van der Waals surface area contributed by atoms with Crippen molar-refractivity contribution in [1.82, 2.24) is 0 Å². The van der Waals surface area contributed by atoms with Crippen molar-refractivity contribution in [3.05, 3.63) is 35.9 Å². The highest BCUT2D eigenvalue weighted by molar-refractivity contribution is 7.70. The van der Waals surface area contributed by atoms with E-state index < -0.39 is 13.2 Å². The third-order valence-electron chi connectivity index (χ3n) is 1.53. The van der Waals surface area contributed by atoms with Crippen molar-refractivity contribution in [1.29, 1.82) is 0 Å². The van der Waals surface area contributed by atoms with Crippen LogP contribution in [-0.4, -0.2) is 10.5 Å². The molecule has 76 valence electrons. The summed E-state index contributed by atoms with van der Waals surface area (Å²) in [6.45, 7) is -0.114. The fourth-order valence-corrected chi connectivity index (χ4v) is 1.25. The monoisotopic (exact) mass is 215 g/mol. The van der Waals surface area contributed by atoms with Crippen LogP contribution in [0.3, 0.4) is 0 Å². The summed E-state index contributed by atoms with van der Waals surface area (Å²) in [5.74, 6) is 0. The molecule has 0 bridgehead atoms. The molecule has 1 atom stereocenters. The minimum Gasteiger partial charge on any atom is -0.359 e. The average Bonchev–Trinajstić information content (AvgIpc) is 2.16. The van der Waals surface area contributed by atoms with Gasteiger partial charge in [-0.05, 0) is 5.56 Å². The Kier molecular flexibility index (Phi) is 3.41. The van der Waals surface area contributed by atoms with Crippen LogP contribution in [0.2, 0.25) is 0 Å². The summed E-state index contributed by atoms with van der Waals surface area (Å²) in [6, 6.07) is 8.73. The van der Waals surface area contributed by atoms with Crippen LogP contribution in [0.5, 0.6) is 0 Å². The summed E-state index contributed by atoms with van der Waals surface area (Å²) in [6.07, 6.45) is 0. The highest BCUT2D eigenvalue weighted by atomic mass is 31.2. The van der Waals surface area contributed by atoms with Gasteiger partial charge >= 0.3 is 13.2 Å². The predicted octanol–water partition coefficient (Wildman–Crippen LogP) is 1.47.